The zero-order chi connectivity index (χ0) is 23.7. The number of methoxy groups -OCH3 is 1. The van der Waals surface area contributed by atoms with Crippen LogP contribution >= 0.6 is 0 Å². The maximum absolute atomic E-state index is 14.0. The molecule has 1 aromatic heterocycles. The van der Waals surface area contributed by atoms with E-state index in [1.165, 1.54) is 0 Å². The van der Waals surface area contributed by atoms with E-state index in [1.54, 1.807) is 12.0 Å². The quantitative estimate of drug-likeness (QED) is 0.556. The fourth-order valence-electron chi connectivity index (χ4n) is 4.81. The van der Waals surface area contributed by atoms with Gasteiger partial charge in [0.25, 0.3) is 0 Å². The molecule has 2 aromatic carbocycles. The van der Waals surface area contributed by atoms with Gasteiger partial charge in [0.05, 0.1) is 19.3 Å². The zero-order valence-electron chi connectivity index (χ0n) is 19.4. The number of nitrogens with one attached hydrogen (secondary N) is 1. The maximum Gasteiger partial charge on any atom is 0.330 e. The van der Waals surface area contributed by atoms with Gasteiger partial charge in [-0.2, -0.15) is 4.98 Å². The average Bonchev–Trinajstić information content (AvgIpc) is 2.86. The summed E-state index contributed by atoms with van der Waals surface area (Å²) in [5.41, 5.74) is 2.56. The van der Waals surface area contributed by atoms with E-state index < -0.39 is 0 Å². The Morgan fingerprint density at radius 3 is 2.38 bits per heavy atom. The molecular formula is C26H29N5O3. The molecule has 0 radical (unpaired) electrons. The fourth-order valence-corrected chi connectivity index (χ4v) is 4.81. The number of aliphatic hydroxyl groups is 1. The second-order valence-corrected chi connectivity index (χ2v) is 8.82. The molecule has 176 valence electrons. The first kappa shape index (κ1) is 22.2. The van der Waals surface area contributed by atoms with Crippen LogP contribution < -0.4 is 19.9 Å². The lowest BCUT2D eigenvalue weighted by Crippen LogP contribution is -2.54. The van der Waals surface area contributed by atoms with Crippen molar-refractivity contribution < 1.29 is 14.6 Å². The van der Waals surface area contributed by atoms with Gasteiger partial charge in [-0.1, -0.05) is 18.2 Å². The maximum atomic E-state index is 14.0. The molecular weight excluding hydrogens is 430 g/mol. The van der Waals surface area contributed by atoms with E-state index in [4.69, 9.17) is 9.72 Å². The van der Waals surface area contributed by atoms with E-state index in [0.717, 1.165) is 35.5 Å². The van der Waals surface area contributed by atoms with Crippen LogP contribution in [0.1, 0.15) is 44.2 Å². The number of para-hydroxylation sites is 1. The molecule has 0 spiro atoms. The molecule has 2 N–H and O–H groups in total. The van der Waals surface area contributed by atoms with Crippen molar-refractivity contribution in [1.29, 1.82) is 0 Å². The van der Waals surface area contributed by atoms with Gasteiger partial charge >= 0.3 is 6.03 Å². The number of amides is 2. The number of aliphatic hydroxyl groups excluding tert-OH is 1. The van der Waals surface area contributed by atoms with E-state index >= 15 is 0 Å². The number of hydrogen-bond acceptors (Lipinski definition) is 6. The first-order valence-corrected chi connectivity index (χ1v) is 11.7. The molecule has 2 amide bonds. The summed E-state index contributed by atoms with van der Waals surface area (Å²) in [6, 6.07) is 16.8. The van der Waals surface area contributed by atoms with Gasteiger partial charge in [-0.05, 0) is 69.0 Å². The Bertz CT molecular complexity index is 1150. The monoisotopic (exact) mass is 459 g/mol. The smallest absolute Gasteiger partial charge is 0.330 e. The highest BCUT2D eigenvalue weighted by Gasteiger charge is 2.42. The van der Waals surface area contributed by atoms with Crippen molar-refractivity contribution in [2.24, 2.45) is 0 Å². The molecule has 34 heavy (non-hydrogen) atoms. The second kappa shape index (κ2) is 9.30. The Labute approximate surface area is 199 Å². The Morgan fingerprint density at radius 1 is 1.00 bits per heavy atom. The summed E-state index contributed by atoms with van der Waals surface area (Å²) in [6.45, 7) is 2.00. The Hall–Kier alpha value is -3.65. The van der Waals surface area contributed by atoms with Gasteiger partial charge in [-0.15, -0.1) is 0 Å². The summed E-state index contributed by atoms with van der Waals surface area (Å²) < 4.78 is 5.29. The number of urea groups is 1. The lowest BCUT2D eigenvalue weighted by Gasteiger charge is -2.44. The molecule has 1 aliphatic carbocycles. The van der Waals surface area contributed by atoms with Crippen LogP contribution in [0.15, 0.2) is 60.8 Å². The number of aromatic nitrogens is 2. The summed E-state index contributed by atoms with van der Waals surface area (Å²) in [4.78, 5) is 27.0. The SMILES string of the molecule is COc1ccc(N2C(=O)N(C3CCC(O)CC3)c3nc(Nc4ccccc4)ncc3C2C)cc1. The lowest BCUT2D eigenvalue weighted by molar-refractivity contribution is 0.122. The Balaban J connectivity index is 1.55. The number of benzene rings is 2. The summed E-state index contributed by atoms with van der Waals surface area (Å²) in [5, 5.41) is 13.3. The van der Waals surface area contributed by atoms with Gasteiger partial charge in [0.2, 0.25) is 5.95 Å². The van der Waals surface area contributed by atoms with Crippen LogP contribution in [0.4, 0.5) is 27.9 Å². The lowest BCUT2D eigenvalue weighted by atomic mass is 9.91. The Kier molecular flexibility index (Phi) is 6.06. The normalized spacial score (nSPS) is 22.3. The molecule has 8 nitrogen and oxygen atoms in total. The number of carbonyl (C=O) groups is 1. The van der Waals surface area contributed by atoms with Crippen molar-refractivity contribution in [3.05, 3.63) is 66.4 Å². The minimum absolute atomic E-state index is 0.0395. The van der Waals surface area contributed by atoms with Crippen LogP contribution in [0.5, 0.6) is 5.75 Å². The number of rotatable bonds is 5. The summed E-state index contributed by atoms with van der Waals surface area (Å²) in [5.74, 6) is 1.82. The van der Waals surface area contributed by atoms with Crippen molar-refractivity contribution in [2.75, 3.05) is 22.2 Å². The highest BCUT2D eigenvalue weighted by molar-refractivity contribution is 6.06. The molecule has 5 rings (SSSR count). The number of ether oxygens (including phenoxy) is 1. The van der Waals surface area contributed by atoms with E-state index in [9.17, 15) is 9.90 Å². The van der Waals surface area contributed by atoms with Gasteiger partial charge < -0.3 is 15.2 Å². The van der Waals surface area contributed by atoms with Gasteiger partial charge in [0, 0.05) is 29.2 Å². The van der Waals surface area contributed by atoms with Crippen molar-refractivity contribution in [3.8, 4) is 5.75 Å². The van der Waals surface area contributed by atoms with Gasteiger partial charge in [-0.25, -0.2) is 9.78 Å². The third-order valence-corrected chi connectivity index (χ3v) is 6.69. The van der Waals surface area contributed by atoms with Crippen molar-refractivity contribution >= 4 is 29.2 Å². The fraction of sp³-hybridized carbons (Fsp3) is 0.346. The predicted molar refractivity (Wildman–Crippen MR) is 132 cm³/mol. The molecule has 2 heterocycles. The number of anilines is 4. The van der Waals surface area contributed by atoms with Crippen LogP contribution in [-0.2, 0) is 0 Å². The van der Waals surface area contributed by atoms with Gasteiger partial charge in [0.1, 0.15) is 11.6 Å². The molecule has 1 saturated carbocycles. The van der Waals surface area contributed by atoms with Crippen LogP contribution in [-0.4, -0.2) is 40.4 Å². The summed E-state index contributed by atoms with van der Waals surface area (Å²) in [7, 11) is 1.62. The standard InChI is InChI=1S/C26H29N5O3/c1-17-23-16-27-25(28-18-6-4-3-5-7-18)29-24(23)31(20-8-12-21(32)13-9-20)26(33)30(17)19-10-14-22(34-2)15-11-19/h3-7,10-11,14-17,20-21,32H,8-9,12-13H2,1-2H3,(H,27,28,29). The number of hydrogen-bond donors (Lipinski definition) is 2. The van der Waals surface area contributed by atoms with Crippen molar-refractivity contribution in [3.63, 3.8) is 0 Å². The van der Waals surface area contributed by atoms with Crippen LogP contribution in [0, 0.1) is 0 Å². The van der Waals surface area contributed by atoms with Gasteiger partial charge in [0.15, 0.2) is 0 Å². The largest absolute Gasteiger partial charge is 0.497 e. The third-order valence-electron chi connectivity index (χ3n) is 6.69. The molecule has 1 unspecified atom stereocenters. The average molecular weight is 460 g/mol. The third kappa shape index (κ3) is 4.17. The Morgan fingerprint density at radius 2 is 1.71 bits per heavy atom. The van der Waals surface area contributed by atoms with E-state index in [2.05, 4.69) is 10.3 Å². The molecule has 0 bridgehead atoms. The topological polar surface area (TPSA) is 90.8 Å². The number of fused-ring (bicyclic) bond motifs is 1. The highest BCUT2D eigenvalue weighted by atomic mass is 16.5. The first-order valence-electron chi connectivity index (χ1n) is 11.7. The van der Waals surface area contributed by atoms with Crippen molar-refractivity contribution in [2.45, 2.75) is 50.8 Å². The van der Waals surface area contributed by atoms with Gasteiger partial charge in [-0.3, -0.25) is 9.80 Å². The minimum atomic E-state index is -0.312. The molecule has 1 aliphatic heterocycles. The molecule has 1 atom stereocenters. The second-order valence-electron chi connectivity index (χ2n) is 8.82. The summed E-state index contributed by atoms with van der Waals surface area (Å²) in [6.07, 6.45) is 4.29. The predicted octanol–water partition coefficient (Wildman–Crippen LogP) is 5.04. The van der Waals surface area contributed by atoms with Crippen molar-refractivity contribution in [1.82, 2.24) is 9.97 Å². The zero-order valence-corrected chi connectivity index (χ0v) is 19.4. The first-order chi connectivity index (χ1) is 16.5. The van der Waals surface area contributed by atoms with E-state index in [-0.39, 0.29) is 24.2 Å². The van der Waals surface area contributed by atoms with Crippen LogP contribution in [0.2, 0.25) is 0 Å². The minimum Gasteiger partial charge on any atom is -0.497 e. The molecule has 8 heteroatoms. The van der Waals surface area contributed by atoms with E-state index in [1.807, 2.05) is 72.6 Å². The summed E-state index contributed by atoms with van der Waals surface area (Å²) >= 11 is 0. The number of carbonyl (C=O) groups excluding carboxylic acids is 1. The molecule has 3 aromatic rings. The van der Waals surface area contributed by atoms with Crippen LogP contribution in [0.25, 0.3) is 0 Å². The molecule has 1 fully saturated rings. The number of nitrogens with zero attached hydrogens (tertiary/aromatic N) is 4. The molecule has 2 aliphatic rings. The molecule has 0 saturated heterocycles. The highest BCUT2D eigenvalue weighted by Crippen LogP contribution is 2.41. The van der Waals surface area contributed by atoms with E-state index in [0.29, 0.717) is 24.6 Å². The van der Waals surface area contributed by atoms with Crippen LogP contribution in [0.3, 0.4) is 0 Å².